The summed E-state index contributed by atoms with van der Waals surface area (Å²) in [7, 11) is 1.62. The first-order valence-corrected chi connectivity index (χ1v) is 8.49. The van der Waals surface area contributed by atoms with Gasteiger partial charge >= 0.3 is 0 Å². The summed E-state index contributed by atoms with van der Waals surface area (Å²) in [4.78, 5) is 22.9. The van der Waals surface area contributed by atoms with E-state index in [1.54, 1.807) is 25.4 Å². The minimum atomic E-state index is -0.174. The lowest BCUT2D eigenvalue weighted by atomic mass is 10.2. The van der Waals surface area contributed by atoms with Crippen LogP contribution in [0.3, 0.4) is 0 Å². The highest BCUT2D eigenvalue weighted by atomic mass is 16.5. The van der Waals surface area contributed by atoms with E-state index in [2.05, 4.69) is 20.2 Å². The van der Waals surface area contributed by atoms with Crippen LogP contribution in [-0.4, -0.2) is 49.3 Å². The van der Waals surface area contributed by atoms with E-state index in [4.69, 9.17) is 9.47 Å². The zero-order chi connectivity index (χ0) is 18.2. The van der Waals surface area contributed by atoms with Crippen molar-refractivity contribution in [3.05, 3.63) is 53.9 Å². The van der Waals surface area contributed by atoms with Crippen LogP contribution in [-0.2, 0) is 16.1 Å². The first-order chi connectivity index (χ1) is 12.7. The number of carbonyl (C=O) groups excluding carboxylic acids is 1. The molecule has 3 rings (SSSR count). The van der Waals surface area contributed by atoms with Gasteiger partial charge in [0.15, 0.2) is 0 Å². The molecule has 2 aromatic rings. The summed E-state index contributed by atoms with van der Waals surface area (Å²) >= 11 is 0. The van der Waals surface area contributed by atoms with Crippen molar-refractivity contribution in [3.63, 3.8) is 0 Å². The van der Waals surface area contributed by atoms with Gasteiger partial charge in [0, 0.05) is 25.4 Å². The van der Waals surface area contributed by atoms with Crippen LogP contribution in [0.4, 0.5) is 5.95 Å². The third kappa shape index (κ3) is 5.03. The average Bonchev–Trinajstić information content (AvgIpc) is 2.72. The highest BCUT2D eigenvalue weighted by Gasteiger charge is 2.13. The molecule has 0 radical (unpaired) electrons. The molecule has 7 heteroatoms. The van der Waals surface area contributed by atoms with Gasteiger partial charge in [-0.1, -0.05) is 12.1 Å². The van der Waals surface area contributed by atoms with Crippen LogP contribution in [0, 0.1) is 0 Å². The number of amides is 1. The number of aromatic nitrogens is 2. The Morgan fingerprint density at radius 2 is 2.04 bits per heavy atom. The summed E-state index contributed by atoms with van der Waals surface area (Å²) in [5, 5.41) is 2.84. The van der Waals surface area contributed by atoms with Crippen molar-refractivity contribution in [2.45, 2.75) is 6.54 Å². The lowest BCUT2D eigenvalue weighted by Crippen LogP contribution is -2.37. The topological polar surface area (TPSA) is 76.6 Å². The summed E-state index contributed by atoms with van der Waals surface area (Å²) in [5.74, 6) is 1.28. The number of hydrogen-bond acceptors (Lipinski definition) is 6. The molecule has 0 bridgehead atoms. The number of ether oxygens (including phenoxy) is 2. The van der Waals surface area contributed by atoms with E-state index in [9.17, 15) is 4.79 Å². The fourth-order valence-electron chi connectivity index (χ4n) is 2.52. The van der Waals surface area contributed by atoms with E-state index in [1.807, 2.05) is 24.3 Å². The van der Waals surface area contributed by atoms with Crippen molar-refractivity contribution in [1.29, 1.82) is 0 Å². The van der Waals surface area contributed by atoms with Crippen LogP contribution >= 0.6 is 0 Å². The molecule has 1 amide bonds. The monoisotopic (exact) mass is 354 g/mol. The molecule has 1 fully saturated rings. The Hall–Kier alpha value is -2.93. The molecule has 1 aliphatic rings. The fourth-order valence-corrected chi connectivity index (χ4v) is 2.52. The molecule has 1 N–H and O–H groups in total. The third-order valence-corrected chi connectivity index (χ3v) is 3.98. The summed E-state index contributed by atoms with van der Waals surface area (Å²) in [6.45, 7) is 3.27. The number of nitrogens with one attached hydrogen (secondary N) is 1. The fraction of sp³-hybridized carbons (Fsp3) is 0.316. The van der Waals surface area contributed by atoms with Gasteiger partial charge in [-0.3, -0.25) is 4.79 Å². The lowest BCUT2D eigenvalue weighted by molar-refractivity contribution is -0.116. The molecule has 0 atom stereocenters. The van der Waals surface area contributed by atoms with Crippen LogP contribution < -0.4 is 15.0 Å². The second-order valence-corrected chi connectivity index (χ2v) is 5.77. The second-order valence-electron chi connectivity index (χ2n) is 5.77. The summed E-state index contributed by atoms with van der Waals surface area (Å²) in [6.07, 6.45) is 4.98. The van der Waals surface area contributed by atoms with Crippen molar-refractivity contribution in [1.82, 2.24) is 15.3 Å². The summed E-state index contributed by atoms with van der Waals surface area (Å²) in [5.41, 5.74) is 1.70. The second kappa shape index (κ2) is 8.96. The van der Waals surface area contributed by atoms with Crippen LogP contribution in [0.2, 0.25) is 0 Å². The molecule has 0 spiro atoms. The van der Waals surface area contributed by atoms with Crippen molar-refractivity contribution in [2.24, 2.45) is 0 Å². The van der Waals surface area contributed by atoms with Gasteiger partial charge in [0.25, 0.3) is 0 Å². The largest absolute Gasteiger partial charge is 0.497 e. The zero-order valence-electron chi connectivity index (χ0n) is 14.7. The third-order valence-electron chi connectivity index (χ3n) is 3.98. The summed E-state index contributed by atoms with van der Waals surface area (Å²) < 4.78 is 10.4. The maximum Gasteiger partial charge on any atom is 0.244 e. The predicted octanol–water partition coefficient (Wildman–Crippen LogP) is 1.65. The van der Waals surface area contributed by atoms with Gasteiger partial charge in [0.1, 0.15) is 5.75 Å². The van der Waals surface area contributed by atoms with Crippen LogP contribution in [0.15, 0.2) is 42.6 Å². The SMILES string of the molecule is COc1ccc(/C=C/C(=O)NCc2ccnc(N3CCOCC3)n2)cc1. The van der Waals surface area contributed by atoms with Gasteiger partial charge in [-0.25, -0.2) is 9.97 Å². The molecular weight excluding hydrogens is 332 g/mol. The molecule has 0 unspecified atom stereocenters. The molecule has 1 aromatic carbocycles. The quantitative estimate of drug-likeness (QED) is 0.795. The Morgan fingerprint density at radius 1 is 1.27 bits per heavy atom. The van der Waals surface area contributed by atoms with Gasteiger partial charge in [-0.05, 0) is 29.8 Å². The molecule has 136 valence electrons. The number of nitrogens with zero attached hydrogens (tertiary/aromatic N) is 3. The van der Waals surface area contributed by atoms with Crippen molar-refractivity contribution < 1.29 is 14.3 Å². The van der Waals surface area contributed by atoms with Crippen LogP contribution in [0.1, 0.15) is 11.3 Å². The van der Waals surface area contributed by atoms with Gasteiger partial charge in [-0.15, -0.1) is 0 Å². The smallest absolute Gasteiger partial charge is 0.244 e. The van der Waals surface area contributed by atoms with Crippen molar-refractivity contribution in [2.75, 3.05) is 38.3 Å². The maximum absolute atomic E-state index is 12.0. The zero-order valence-corrected chi connectivity index (χ0v) is 14.7. The molecule has 26 heavy (non-hydrogen) atoms. The van der Waals surface area contributed by atoms with E-state index < -0.39 is 0 Å². The predicted molar refractivity (Wildman–Crippen MR) is 98.9 cm³/mol. The molecule has 2 heterocycles. The highest BCUT2D eigenvalue weighted by Crippen LogP contribution is 2.12. The highest BCUT2D eigenvalue weighted by molar-refractivity contribution is 5.91. The van der Waals surface area contributed by atoms with Gasteiger partial charge in [0.2, 0.25) is 11.9 Å². The van der Waals surface area contributed by atoms with E-state index in [-0.39, 0.29) is 5.91 Å². The van der Waals surface area contributed by atoms with E-state index in [1.165, 1.54) is 6.08 Å². The van der Waals surface area contributed by atoms with Gasteiger partial charge in [0.05, 0.1) is 32.6 Å². The summed E-state index contributed by atoms with van der Waals surface area (Å²) in [6, 6.07) is 9.29. The number of rotatable bonds is 6. The number of methoxy groups -OCH3 is 1. The van der Waals surface area contributed by atoms with Crippen molar-refractivity contribution >= 4 is 17.9 Å². The van der Waals surface area contributed by atoms with Gasteiger partial charge < -0.3 is 19.7 Å². The Kier molecular flexibility index (Phi) is 6.16. The molecule has 1 aromatic heterocycles. The normalized spacial score (nSPS) is 14.4. The Morgan fingerprint density at radius 3 is 2.77 bits per heavy atom. The molecule has 1 saturated heterocycles. The lowest BCUT2D eigenvalue weighted by Gasteiger charge is -2.26. The van der Waals surface area contributed by atoms with Crippen LogP contribution in [0.25, 0.3) is 6.08 Å². The maximum atomic E-state index is 12.0. The minimum Gasteiger partial charge on any atom is -0.497 e. The average molecular weight is 354 g/mol. The Balaban J connectivity index is 1.52. The number of hydrogen-bond donors (Lipinski definition) is 1. The van der Waals surface area contributed by atoms with E-state index >= 15 is 0 Å². The number of benzene rings is 1. The standard InChI is InChI=1S/C19H22N4O3/c1-25-17-5-2-15(3-6-17)4-7-18(24)21-14-16-8-9-20-19(22-16)23-10-12-26-13-11-23/h2-9H,10-14H2,1H3,(H,21,24)/b7-4+. The molecular formula is C19H22N4O3. The Labute approximate surface area is 152 Å². The number of anilines is 1. The molecule has 0 aliphatic carbocycles. The molecule has 1 aliphatic heterocycles. The first kappa shape index (κ1) is 17.9. The van der Waals surface area contributed by atoms with Crippen LogP contribution in [0.5, 0.6) is 5.75 Å². The van der Waals surface area contributed by atoms with E-state index in [0.717, 1.165) is 30.1 Å². The number of morpholine rings is 1. The first-order valence-electron chi connectivity index (χ1n) is 8.49. The molecule has 7 nitrogen and oxygen atoms in total. The Bertz CT molecular complexity index is 756. The molecule has 0 saturated carbocycles. The number of carbonyl (C=O) groups is 1. The van der Waals surface area contributed by atoms with Gasteiger partial charge in [-0.2, -0.15) is 0 Å². The minimum absolute atomic E-state index is 0.174. The van der Waals surface area contributed by atoms with E-state index in [0.29, 0.717) is 25.7 Å². The van der Waals surface area contributed by atoms with Crippen molar-refractivity contribution in [3.8, 4) is 5.75 Å².